The molecular weight excluding hydrogens is 106 g/mol. The second-order valence-electron chi connectivity index (χ2n) is 2.27. The van der Waals surface area contributed by atoms with E-state index < -0.39 is 0 Å². The van der Waals surface area contributed by atoms with Gasteiger partial charge in [-0.3, -0.25) is 0 Å². The average Bonchev–Trinajstić information content (AvgIpc) is 1.67. The van der Waals surface area contributed by atoms with Gasteiger partial charge in [0.05, 0.1) is 18.8 Å². The minimum atomic E-state index is -0.333. The van der Waals surface area contributed by atoms with Crippen molar-refractivity contribution in [3.8, 4) is 0 Å². The zero-order chi connectivity index (χ0) is 6.04. The van der Waals surface area contributed by atoms with Crippen molar-refractivity contribution in [3.05, 3.63) is 0 Å². The minimum absolute atomic E-state index is 0.0451. The molecule has 3 nitrogen and oxygen atoms in total. The first-order valence-electron chi connectivity index (χ1n) is 2.80. The molecule has 3 heteroatoms. The molecule has 0 aromatic rings. The van der Waals surface area contributed by atoms with Crippen LogP contribution in [0.1, 0.15) is 6.42 Å². The molecule has 3 N–H and O–H groups in total. The molecule has 1 aliphatic rings. The fourth-order valence-corrected chi connectivity index (χ4v) is 0.798. The van der Waals surface area contributed by atoms with Crippen LogP contribution < -0.4 is 5.32 Å². The van der Waals surface area contributed by atoms with Gasteiger partial charge in [0.25, 0.3) is 0 Å². The molecule has 0 spiro atoms. The first-order chi connectivity index (χ1) is 3.83. The van der Waals surface area contributed by atoms with Crippen LogP contribution in [0, 0.1) is 0 Å². The highest BCUT2D eigenvalue weighted by Gasteiger charge is 2.34. The molecule has 8 heavy (non-hydrogen) atoms. The van der Waals surface area contributed by atoms with Gasteiger partial charge in [-0.1, -0.05) is 0 Å². The van der Waals surface area contributed by atoms with E-state index in [9.17, 15) is 0 Å². The van der Waals surface area contributed by atoms with Crippen molar-refractivity contribution in [3.63, 3.8) is 0 Å². The molecular formula is C5H11NO2. The van der Waals surface area contributed by atoms with E-state index in [1.165, 1.54) is 0 Å². The summed E-state index contributed by atoms with van der Waals surface area (Å²) in [5.74, 6) is 0. The van der Waals surface area contributed by atoms with Crippen LogP contribution in [-0.4, -0.2) is 35.5 Å². The van der Waals surface area contributed by atoms with Crippen molar-refractivity contribution in [1.29, 1.82) is 0 Å². The molecule has 0 amide bonds. The van der Waals surface area contributed by atoms with Crippen LogP contribution in [0.15, 0.2) is 0 Å². The number of rotatable bonds is 2. The molecule has 1 saturated heterocycles. The van der Waals surface area contributed by atoms with Crippen molar-refractivity contribution in [2.45, 2.75) is 12.0 Å². The predicted molar refractivity (Wildman–Crippen MR) is 29.5 cm³/mol. The molecule has 0 aliphatic carbocycles. The van der Waals surface area contributed by atoms with Crippen LogP contribution in [0.25, 0.3) is 0 Å². The third kappa shape index (κ3) is 0.727. The molecule has 1 rings (SSSR count). The van der Waals surface area contributed by atoms with Gasteiger partial charge in [0, 0.05) is 0 Å². The van der Waals surface area contributed by atoms with Gasteiger partial charge >= 0.3 is 0 Å². The fourth-order valence-electron chi connectivity index (χ4n) is 0.798. The lowest BCUT2D eigenvalue weighted by Gasteiger charge is -2.39. The molecule has 0 aromatic heterocycles. The smallest absolute Gasteiger partial charge is 0.0660 e. The summed E-state index contributed by atoms with van der Waals surface area (Å²) in [6.07, 6.45) is 0.889. The number of nitrogens with one attached hydrogen (secondary N) is 1. The Balaban J connectivity index is 2.33. The molecule has 0 atom stereocenters. The van der Waals surface area contributed by atoms with E-state index in [0.717, 1.165) is 13.0 Å². The van der Waals surface area contributed by atoms with E-state index in [2.05, 4.69) is 5.32 Å². The molecule has 1 fully saturated rings. The first kappa shape index (κ1) is 6.01. The van der Waals surface area contributed by atoms with Crippen molar-refractivity contribution in [1.82, 2.24) is 5.32 Å². The average molecular weight is 117 g/mol. The van der Waals surface area contributed by atoms with E-state index in [0.29, 0.717) is 0 Å². The lowest BCUT2D eigenvalue weighted by molar-refractivity contribution is 0.0428. The van der Waals surface area contributed by atoms with E-state index in [4.69, 9.17) is 10.2 Å². The topological polar surface area (TPSA) is 52.5 Å². The van der Waals surface area contributed by atoms with Crippen LogP contribution >= 0.6 is 0 Å². The molecule has 48 valence electrons. The van der Waals surface area contributed by atoms with Crippen LogP contribution in [-0.2, 0) is 0 Å². The predicted octanol–water partition coefficient (Wildman–Crippen LogP) is -1.30. The van der Waals surface area contributed by atoms with Gasteiger partial charge in [-0.25, -0.2) is 0 Å². The van der Waals surface area contributed by atoms with Gasteiger partial charge in [0.15, 0.2) is 0 Å². The first-order valence-corrected chi connectivity index (χ1v) is 2.80. The Morgan fingerprint density at radius 2 is 1.88 bits per heavy atom. The SMILES string of the molecule is OCC1(CO)CCN1. The number of aliphatic hydroxyl groups is 2. The molecule has 0 aromatic carbocycles. The van der Waals surface area contributed by atoms with E-state index >= 15 is 0 Å². The zero-order valence-corrected chi connectivity index (χ0v) is 4.72. The fraction of sp³-hybridized carbons (Fsp3) is 1.00. The van der Waals surface area contributed by atoms with Gasteiger partial charge in [-0.15, -0.1) is 0 Å². The second-order valence-corrected chi connectivity index (χ2v) is 2.27. The summed E-state index contributed by atoms with van der Waals surface area (Å²) in [6, 6.07) is 0. The Labute approximate surface area is 48.3 Å². The highest BCUT2D eigenvalue weighted by molar-refractivity contribution is 4.95. The third-order valence-electron chi connectivity index (χ3n) is 1.71. The van der Waals surface area contributed by atoms with Gasteiger partial charge in [-0.2, -0.15) is 0 Å². The largest absolute Gasteiger partial charge is 0.394 e. The highest BCUT2D eigenvalue weighted by atomic mass is 16.3. The van der Waals surface area contributed by atoms with Gasteiger partial charge in [0.1, 0.15) is 0 Å². The second kappa shape index (κ2) is 2.01. The van der Waals surface area contributed by atoms with E-state index in [1.807, 2.05) is 0 Å². The Morgan fingerprint density at radius 3 is 1.88 bits per heavy atom. The summed E-state index contributed by atoms with van der Waals surface area (Å²) in [4.78, 5) is 0. The van der Waals surface area contributed by atoms with Crippen molar-refractivity contribution in [2.75, 3.05) is 19.8 Å². The lowest BCUT2D eigenvalue weighted by atomic mass is 9.90. The van der Waals surface area contributed by atoms with Crippen molar-refractivity contribution < 1.29 is 10.2 Å². The molecule has 1 aliphatic heterocycles. The molecule has 1 heterocycles. The summed E-state index contributed by atoms with van der Waals surface area (Å²) in [5, 5.41) is 20.2. The quantitative estimate of drug-likeness (QED) is 0.421. The molecule has 0 saturated carbocycles. The summed E-state index contributed by atoms with van der Waals surface area (Å²) >= 11 is 0. The van der Waals surface area contributed by atoms with Crippen LogP contribution in [0.2, 0.25) is 0 Å². The third-order valence-corrected chi connectivity index (χ3v) is 1.71. The van der Waals surface area contributed by atoms with Gasteiger partial charge in [-0.05, 0) is 13.0 Å². The van der Waals surface area contributed by atoms with Gasteiger partial charge < -0.3 is 15.5 Å². The van der Waals surface area contributed by atoms with Crippen LogP contribution in [0.3, 0.4) is 0 Å². The Kier molecular flexibility index (Phi) is 1.51. The summed E-state index contributed by atoms with van der Waals surface area (Å²) in [7, 11) is 0. The maximum Gasteiger partial charge on any atom is 0.0660 e. The van der Waals surface area contributed by atoms with Crippen LogP contribution in [0.5, 0.6) is 0 Å². The van der Waals surface area contributed by atoms with Crippen molar-refractivity contribution in [2.24, 2.45) is 0 Å². The summed E-state index contributed by atoms with van der Waals surface area (Å²) in [5.41, 5.74) is -0.333. The summed E-state index contributed by atoms with van der Waals surface area (Å²) in [6.45, 7) is 1.01. The lowest BCUT2D eigenvalue weighted by Crippen LogP contribution is -2.61. The van der Waals surface area contributed by atoms with Crippen molar-refractivity contribution >= 4 is 0 Å². The molecule has 0 unspecified atom stereocenters. The number of aliphatic hydroxyl groups excluding tert-OH is 2. The minimum Gasteiger partial charge on any atom is -0.394 e. The maximum absolute atomic E-state index is 8.61. The maximum atomic E-state index is 8.61. The standard InChI is InChI=1S/C5H11NO2/c7-3-5(4-8)1-2-6-5/h6-8H,1-4H2. The highest BCUT2D eigenvalue weighted by Crippen LogP contribution is 2.15. The normalized spacial score (nSPS) is 24.8. The monoisotopic (exact) mass is 117 g/mol. The Morgan fingerprint density at radius 1 is 1.38 bits per heavy atom. The Bertz CT molecular complexity index is 67.0. The zero-order valence-electron chi connectivity index (χ0n) is 4.72. The van der Waals surface area contributed by atoms with Crippen LogP contribution in [0.4, 0.5) is 0 Å². The summed E-state index contributed by atoms with van der Waals surface area (Å²) < 4.78 is 0. The van der Waals surface area contributed by atoms with E-state index in [-0.39, 0.29) is 18.8 Å². The number of hydrogen-bond acceptors (Lipinski definition) is 3. The number of hydrogen-bond donors (Lipinski definition) is 3. The molecule has 0 radical (unpaired) electrons. The van der Waals surface area contributed by atoms with Gasteiger partial charge in [0.2, 0.25) is 0 Å². The van der Waals surface area contributed by atoms with E-state index in [1.54, 1.807) is 0 Å². The molecule has 0 bridgehead atoms. The Hall–Kier alpha value is -0.120.